The van der Waals surface area contributed by atoms with E-state index in [2.05, 4.69) is 75.4 Å². The van der Waals surface area contributed by atoms with Crippen LogP contribution in [0, 0.1) is 0 Å². The molecule has 0 aromatic heterocycles. The molecule has 0 atom stereocenters. The Hall–Kier alpha value is -2.24. The predicted molar refractivity (Wildman–Crippen MR) is 147 cm³/mol. The van der Waals surface area contributed by atoms with Crippen LogP contribution in [0.4, 0.5) is 0 Å². The van der Waals surface area contributed by atoms with Gasteiger partial charge in [-0.3, -0.25) is 0 Å². The third kappa shape index (κ3) is 5.69. The van der Waals surface area contributed by atoms with Gasteiger partial charge in [0.1, 0.15) is 0 Å². The highest BCUT2D eigenvalue weighted by Crippen LogP contribution is 2.36. The average molecular weight is 457 g/mol. The number of rotatable bonds is 5. The van der Waals surface area contributed by atoms with Crippen molar-refractivity contribution in [2.75, 3.05) is 58.9 Å². The van der Waals surface area contributed by atoms with Gasteiger partial charge in [-0.2, -0.15) is 0 Å². The van der Waals surface area contributed by atoms with Gasteiger partial charge in [-0.15, -0.1) is 0 Å². The molecule has 1 saturated heterocycles. The number of hydrogen-bond acceptors (Lipinski definition) is 4. The van der Waals surface area contributed by atoms with E-state index in [4.69, 9.17) is 0 Å². The summed E-state index contributed by atoms with van der Waals surface area (Å²) in [4.78, 5) is 2.67. The van der Waals surface area contributed by atoms with Gasteiger partial charge in [0, 0.05) is 26.2 Å². The summed E-state index contributed by atoms with van der Waals surface area (Å²) in [5.41, 5.74) is 1.51. The Kier molecular flexibility index (Phi) is 8.25. The van der Waals surface area contributed by atoms with Crippen LogP contribution < -0.4 is 16.0 Å². The van der Waals surface area contributed by atoms with Gasteiger partial charge in [0.25, 0.3) is 0 Å². The van der Waals surface area contributed by atoms with Crippen molar-refractivity contribution in [2.24, 2.45) is 0 Å². The van der Waals surface area contributed by atoms with Gasteiger partial charge >= 0.3 is 0 Å². The fourth-order valence-electron chi connectivity index (χ4n) is 5.55. The van der Waals surface area contributed by atoms with Crippen molar-refractivity contribution in [1.82, 2.24) is 20.9 Å². The van der Waals surface area contributed by atoms with E-state index in [1.165, 1.54) is 76.7 Å². The summed E-state index contributed by atoms with van der Waals surface area (Å²) in [6.45, 7) is 10.2. The average Bonchev–Trinajstić information content (AvgIpc) is 2.87. The maximum atomic E-state index is 3.63. The minimum atomic E-state index is 1.08. The molecule has 4 heteroatoms. The zero-order chi connectivity index (χ0) is 23.0. The van der Waals surface area contributed by atoms with Crippen LogP contribution in [0.25, 0.3) is 32.3 Å². The molecule has 0 amide bonds. The Labute approximate surface area is 204 Å². The van der Waals surface area contributed by atoms with Gasteiger partial charge in [0.2, 0.25) is 0 Å². The second-order valence-corrected chi connectivity index (χ2v) is 9.84. The van der Waals surface area contributed by atoms with Crippen LogP contribution in [-0.2, 0) is 6.42 Å². The fraction of sp³-hybridized carbons (Fsp3) is 0.467. The molecule has 1 aliphatic rings. The number of hydrogen-bond donors (Lipinski definition) is 3. The van der Waals surface area contributed by atoms with Crippen molar-refractivity contribution in [1.29, 1.82) is 0 Å². The Morgan fingerprint density at radius 3 is 2.09 bits per heavy atom. The maximum Gasteiger partial charge on any atom is 0.0107 e. The third-order valence-electron chi connectivity index (χ3n) is 7.41. The first-order valence-electron chi connectivity index (χ1n) is 13.4. The highest BCUT2D eigenvalue weighted by molar-refractivity contribution is 6.23. The number of aryl methyl sites for hydroxylation is 1. The van der Waals surface area contributed by atoms with Crippen molar-refractivity contribution in [2.45, 2.75) is 32.1 Å². The first-order valence-corrected chi connectivity index (χ1v) is 13.4. The largest absolute Gasteiger partial charge is 0.315 e. The quantitative estimate of drug-likeness (QED) is 0.299. The van der Waals surface area contributed by atoms with Crippen molar-refractivity contribution in [3.05, 3.63) is 60.2 Å². The van der Waals surface area contributed by atoms with Crippen LogP contribution in [0.5, 0.6) is 0 Å². The number of nitrogens with one attached hydrogen (secondary N) is 3. The van der Waals surface area contributed by atoms with E-state index in [0.29, 0.717) is 0 Å². The molecule has 4 aromatic carbocycles. The molecule has 0 spiro atoms. The molecule has 4 aromatic rings. The number of unbranched alkanes of at least 4 members (excludes halogenated alkanes) is 1. The van der Waals surface area contributed by atoms with Crippen LogP contribution in [0.3, 0.4) is 0 Å². The molecule has 0 unspecified atom stereocenters. The zero-order valence-electron chi connectivity index (χ0n) is 20.5. The maximum absolute atomic E-state index is 3.63. The van der Waals surface area contributed by atoms with Crippen LogP contribution >= 0.6 is 0 Å². The molecule has 4 nitrogen and oxygen atoms in total. The normalized spacial score (nSPS) is 18.0. The van der Waals surface area contributed by atoms with Crippen LogP contribution in [0.15, 0.2) is 54.6 Å². The van der Waals surface area contributed by atoms with Gasteiger partial charge in [-0.05, 0) is 103 Å². The third-order valence-corrected chi connectivity index (χ3v) is 7.41. The van der Waals surface area contributed by atoms with E-state index in [1.807, 2.05) is 0 Å². The second-order valence-electron chi connectivity index (χ2n) is 9.84. The molecule has 34 heavy (non-hydrogen) atoms. The SMILES string of the molecule is c1cc2ccc3ccc(CCCCN4CCCNCCNCCCNCC4)c4ccc(c1)c2c34. The molecule has 0 bridgehead atoms. The van der Waals surface area contributed by atoms with Crippen LogP contribution in [-0.4, -0.2) is 63.8 Å². The van der Waals surface area contributed by atoms with E-state index in [-0.39, 0.29) is 0 Å². The lowest BCUT2D eigenvalue weighted by molar-refractivity contribution is 0.262. The fourth-order valence-corrected chi connectivity index (χ4v) is 5.55. The van der Waals surface area contributed by atoms with Crippen LogP contribution in [0.2, 0.25) is 0 Å². The van der Waals surface area contributed by atoms with Gasteiger partial charge in [0.15, 0.2) is 0 Å². The molecule has 1 heterocycles. The first-order chi connectivity index (χ1) is 16.9. The Morgan fingerprint density at radius 1 is 0.588 bits per heavy atom. The zero-order valence-corrected chi connectivity index (χ0v) is 20.5. The molecule has 180 valence electrons. The molecule has 0 saturated carbocycles. The Bertz CT molecular complexity index is 1140. The minimum Gasteiger partial charge on any atom is -0.315 e. The van der Waals surface area contributed by atoms with Crippen LogP contribution in [0.1, 0.15) is 31.2 Å². The smallest absolute Gasteiger partial charge is 0.0107 e. The van der Waals surface area contributed by atoms with Gasteiger partial charge in [0.05, 0.1) is 0 Å². The van der Waals surface area contributed by atoms with Crippen molar-refractivity contribution >= 4 is 32.3 Å². The molecule has 1 fully saturated rings. The molecule has 1 aliphatic heterocycles. The molecule has 0 radical (unpaired) electrons. The summed E-state index contributed by atoms with van der Waals surface area (Å²) in [6.07, 6.45) is 6.11. The molecule has 5 rings (SSSR count). The summed E-state index contributed by atoms with van der Waals surface area (Å²) in [7, 11) is 0. The molecule has 3 N–H and O–H groups in total. The molecule has 0 aliphatic carbocycles. The van der Waals surface area contributed by atoms with Crippen molar-refractivity contribution in [3.8, 4) is 0 Å². The lowest BCUT2D eigenvalue weighted by Crippen LogP contribution is -2.37. The lowest BCUT2D eigenvalue weighted by atomic mass is 9.90. The molecular weight excluding hydrogens is 416 g/mol. The summed E-state index contributed by atoms with van der Waals surface area (Å²) in [6, 6.07) is 20.6. The van der Waals surface area contributed by atoms with Gasteiger partial charge < -0.3 is 20.9 Å². The van der Waals surface area contributed by atoms with E-state index in [0.717, 1.165) is 52.2 Å². The van der Waals surface area contributed by atoms with Crippen molar-refractivity contribution in [3.63, 3.8) is 0 Å². The topological polar surface area (TPSA) is 39.3 Å². The highest BCUT2D eigenvalue weighted by Gasteiger charge is 2.11. The first kappa shape index (κ1) is 23.5. The minimum absolute atomic E-state index is 1.08. The Balaban J connectivity index is 1.19. The summed E-state index contributed by atoms with van der Waals surface area (Å²) in [5.74, 6) is 0. The standard InChI is InChI=1S/C30H40N4/c1(2-21-34-22-5-17-32-19-18-31-15-4-16-33-20-23-34)6-24-9-10-27-12-11-25-7-3-8-26-13-14-28(24)30(27)29(25)26/h3,7-14,31-33H,1-2,4-6,15-23H2. The summed E-state index contributed by atoms with van der Waals surface area (Å²) < 4.78 is 0. The predicted octanol–water partition coefficient (Wildman–Crippen LogP) is 4.77. The Morgan fingerprint density at radius 2 is 1.26 bits per heavy atom. The summed E-state index contributed by atoms with van der Waals surface area (Å²) in [5, 5.41) is 19.1. The number of benzene rings is 4. The highest BCUT2D eigenvalue weighted by atomic mass is 15.1. The van der Waals surface area contributed by atoms with Gasteiger partial charge in [-0.1, -0.05) is 54.6 Å². The van der Waals surface area contributed by atoms with E-state index in [1.54, 1.807) is 0 Å². The monoisotopic (exact) mass is 456 g/mol. The van der Waals surface area contributed by atoms with Crippen molar-refractivity contribution < 1.29 is 0 Å². The number of nitrogens with zero attached hydrogens (tertiary/aromatic N) is 1. The van der Waals surface area contributed by atoms with E-state index < -0.39 is 0 Å². The summed E-state index contributed by atoms with van der Waals surface area (Å²) >= 11 is 0. The van der Waals surface area contributed by atoms with Gasteiger partial charge in [-0.25, -0.2) is 0 Å². The lowest BCUT2D eigenvalue weighted by Gasteiger charge is -2.23. The molecular formula is C30H40N4. The van der Waals surface area contributed by atoms with E-state index in [9.17, 15) is 0 Å². The second kappa shape index (κ2) is 11.9. The van der Waals surface area contributed by atoms with E-state index >= 15 is 0 Å².